The average molecular weight is 458 g/mol. The summed E-state index contributed by atoms with van der Waals surface area (Å²) in [6.45, 7) is 2.58. The minimum atomic E-state index is -3.94. The van der Waals surface area contributed by atoms with Crippen LogP contribution in [0.3, 0.4) is 0 Å². The molecule has 0 spiro atoms. The van der Waals surface area contributed by atoms with Gasteiger partial charge in [-0.15, -0.1) is 0 Å². The van der Waals surface area contributed by atoms with Gasteiger partial charge >= 0.3 is 0 Å². The Kier molecular flexibility index (Phi) is 7.02. The van der Waals surface area contributed by atoms with Crippen LogP contribution in [0.4, 0.5) is 5.69 Å². The predicted molar refractivity (Wildman–Crippen MR) is 113 cm³/mol. The average Bonchev–Trinajstić information content (AvgIpc) is 2.70. The van der Waals surface area contributed by atoms with Crippen molar-refractivity contribution in [1.82, 2.24) is 5.32 Å². The summed E-state index contributed by atoms with van der Waals surface area (Å²) in [5.74, 6) is -0.393. The molecule has 0 saturated carbocycles. The molecule has 3 rings (SSSR count). The van der Waals surface area contributed by atoms with Gasteiger partial charge in [0.2, 0.25) is 10.0 Å². The Morgan fingerprint density at radius 1 is 1.17 bits per heavy atom. The molecule has 10 heteroatoms. The van der Waals surface area contributed by atoms with Gasteiger partial charge in [-0.1, -0.05) is 35.3 Å². The Hall–Kier alpha value is -1.84. The summed E-state index contributed by atoms with van der Waals surface area (Å²) < 4.78 is 28.9. The lowest BCUT2D eigenvalue weighted by molar-refractivity contribution is 0.0952. The summed E-state index contributed by atoms with van der Waals surface area (Å²) in [5, 5.41) is 8.96. The normalized spacial score (nSPS) is 14.7. The fraction of sp³-hybridized carbons (Fsp3) is 0.316. The van der Waals surface area contributed by atoms with Gasteiger partial charge < -0.3 is 15.0 Å². The maximum atomic E-state index is 12.9. The maximum Gasteiger partial charge on any atom is 0.253 e. The van der Waals surface area contributed by atoms with E-state index < -0.39 is 15.9 Å². The number of amides is 1. The zero-order chi connectivity index (χ0) is 21.0. The molecule has 0 aromatic heterocycles. The first-order chi connectivity index (χ1) is 13.8. The molecule has 29 heavy (non-hydrogen) atoms. The van der Waals surface area contributed by atoms with Crippen LogP contribution in [0.5, 0.6) is 0 Å². The molecule has 1 amide bonds. The monoisotopic (exact) mass is 457 g/mol. The third-order valence-electron chi connectivity index (χ3n) is 4.60. The van der Waals surface area contributed by atoms with E-state index in [2.05, 4.69) is 5.32 Å². The molecule has 156 valence electrons. The summed E-state index contributed by atoms with van der Waals surface area (Å²) in [6, 6.07) is 9.64. The second-order valence-electron chi connectivity index (χ2n) is 6.54. The lowest BCUT2D eigenvalue weighted by atomic mass is 10.1. The van der Waals surface area contributed by atoms with Crippen molar-refractivity contribution in [1.29, 1.82) is 0 Å². The van der Waals surface area contributed by atoms with E-state index >= 15 is 0 Å². The first kappa shape index (κ1) is 21.9. The molecule has 2 aromatic rings. The van der Waals surface area contributed by atoms with Crippen molar-refractivity contribution in [2.45, 2.75) is 11.3 Å². The summed E-state index contributed by atoms with van der Waals surface area (Å²) in [7, 11) is -3.94. The van der Waals surface area contributed by atoms with Crippen LogP contribution in [0.25, 0.3) is 0 Å². The largest absolute Gasteiger partial charge is 0.378 e. The van der Waals surface area contributed by atoms with E-state index in [0.29, 0.717) is 55.0 Å². The number of halogens is 2. The van der Waals surface area contributed by atoms with E-state index in [0.717, 1.165) is 5.56 Å². The molecule has 2 aromatic carbocycles. The quantitative estimate of drug-likeness (QED) is 0.693. The Morgan fingerprint density at radius 2 is 1.90 bits per heavy atom. The van der Waals surface area contributed by atoms with Crippen molar-refractivity contribution >= 4 is 44.8 Å². The van der Waals surface area contributed by atoms with Crippen LogP contribution < -0.4 is 15.4 Å². The fourth-order valence-electron chi connectivity index (χ4n) is 3.10. The van der Waals surface area contributed by atoms with Gasteiger partial charge in [0.05, 0.1) is 33.7 Å². The molecule has 0 radical (unpaired) electrons. The van der Waals surface area contributed by atoms with Crippen molar-refractivity contribution in [2.75, 3.05) is 37.7 Å². The lowest BCUT2D eigenvalue weighted by Gasteiger charge is -2.30. The highest BCUT2D eigenvalue weighted by atomic mass is 35.5. The Labute approximate surface area is 179 Å². The van der Waals surface area contributed by atoms with Gasteiger partial charge in [-0.3, -0.25) is 4.79 Å². The van der Waals surface area contributed by atoms with Crippen LogP contribution in [-0.4, -0.2) is 47.2 Å². The number of morpholine rings is 1. The van der Waals surface area contributed by atoms with Gasteiger partial charge in [0, 0.05) is 25.3 Å². The first-order valence-electron chi connectivity index (χ1n) is 8.98. The second kappa shape index (κ2) is 9.32. The molecular weight excluding hydrogens is 437 g/mol. The molecule has 0 unspecified atom stereocenters. The van der Waals surface area contributed by atoms with E-state index in [1.165, 1.54) is 12.1 Å². The number of nitrogens with two attached hydrogens (primary N) is 1. The molecular formula is C19H21Cl2N3O4S. The molecule has 1 saturated heterocycles. The molecule has 1 fully saturated rings. The highest BCUT2D eigenvalue weighted by Gasteiger charge is 2.21. The molecule has 1 aliphatic heterocycles. The van der Waals surface area contributed by atoms with Crippen LogP contribution in [0.1, 0.15) is 15.9 Å². The Morgan fingerprint density at radius 3 is 2.59 bits per heavy atom. The number of hydrogen-bond acceptors (Lipinski definition) is 5. The summed E-state index contributed by atoms with van der Waals surface area (Å²) in [5.41, 5.74) is 1.70. The van der Waals surface area contributed by atoms with Crippen LogP contribution in [0.15, 0.2) is 41.3 Å². The number of rotatable bonds is 6. The number of nitrogens with zero attached hydrogens (tertiary/aromatic N) is 1. The fourth-order valence-corrected chi connectivity index (χ4v) is 4.06. The smallest absolute Gasteiger partial charge is 0.253 e. The lowest BCUT2D eigenvalue weighted by Crippen LogP contribution is -2.38. The van der Waals surface area contributed by atoms with Gasteiger partial charge in [-0.2, -0.15) is 0 Å². The molecule has 1 aliphatic rings. The van der Waals surface area contributed by atoms with Crippen molar-refractivity contribution in [3.8, 4) is 0 Å². The number of anilines is 1. The van der Waals surface area contributed by atoms with E-state index in [1.54, 1.807) is 18.2 Å². The minimum Gasteiger partial charge on any atom is -0.378 e. The van der Waals surface area contributed by atoms with E-state index in [9.17, 15) is 13.2 Å². The van der Waals surface area contributed by atoms with Gasteiger partial charge in [0.25, 0.3) is 5.91 Å². The number of ether oxygens (including phenoxy) is 1. The van der Waals surface area contributed by atoms with Crippen molar-refractivity contribution in [3.63, 3.8) is 0 Å². The van der Waals surface area contributed by atoms with Gasteiger partial charge in [-0.25, -0.2) is 13.6 Å². The van der Waals surface area contributed by atoms with Crippen molar-refractivity contribution in [2.24, 2.45) is 5.14 Å². The highest BCUT2D eigenvalue weighted by molar-refractivity contribution is 7.89. The van der Waals surface area contributed by atoms with E-state index in [4.69, 9.17) is 33.1 Å². The third kappa shape index (κ3) is 5.40. The maximum absolute atomic E-state index is 12.9. The number of hydrogen-bond donors (Lipinski definition) is 2. The standard InChI is InChI=1S/C19H21Cl2N3O4S/c20-16-3-1-2-13(18(16)21)6-7-23-19(25)15-12-14(29(22,26)27)4-5-17(15)24-8-10-28-11-9-24/h1-5,12H,6-11H2,(H,23,25)(H2,22,26,27). The van der Waals surface area contributed by atoms with Crippen LogP contribution in [-0.2, 0) is 21.2 Å². The second-order valence-corrected chi connectivity index (χ2v) is 8.89. The van der Waals surface area contributed by atoms with Crippen LogP contribution in [0.2, 0.25) is 10.0 Å². The van der Waals surface area contributed by atoms with Crippen molar-refractivity contribution in [3.05, 3.63) is 57.6 Å². The Balaban J connectivity index is 1.80. The molecule has 0 atom stereocenters. The summed E-state index contributed by atoms with van der Waals surface area (Å²) in [6.07, 6.45) is 0.479. The van der Waals surface area contributed by atoms with Gasteiger partial charge in [0.15, 0.2) is 0 Å². The SMILES string of the molecule is NS(=O)(=O)c1ccc(N2CCOCC2)c(C(=O)NCCc2cccc(Cl)c2Cl)c1. The number of nitrogens with one attached hydrogen (secondary N) is 1. The third-order valence-corrected chi connectivity index (χ3v) is 6.37. The van der Waals surface area contributed by atoms with Crippen LogP contribution >= 0.6 is 23.2 Å². The predicted octanol–water partition coefficient (Wildman–Crippen LogP) is 2.45. The highest BCUT2D eigenvalue weighted by Crippen LogP contribution is 2.26. The van der Waals surface area contributed by atoms with Crippen molar-refractivity contribution < 1.29 is 17.9 Å². The number of sulfonamides is 1. The molecule has 3 N–H and O–H groups in total. The number of benzene rings is 2. The molecule has 0 aliphatic carbocycles. The Bertz CT molecular complexity index is 1010. The zero-order valence-electron chi connectivity index (χ0n) is 15.5. The van der Waals surface area contributed by atoms with E-state index in [-0.39, 0.29) is 10.5 Å². The van der Waals surface area contributed by atoms with E-state index in [1.807, 2.05) is 11.0 Å². The van der Waals surface area contributed by atoms with Gasteiger partial charge in [-0.05, 0) is 36.2 Å². The summed E-state index contributed by atoms with van der Waals surface area (Å²) in [4.78, 5) is 14.7. The topological polar surface area (TPSA) is 102 Å². The molecule has 1 heterocycles. The number of primary sulfonamides is 1. The molecule has 0 bridgehead atoms. The van der Waals surface area contributed by atoms with Crippen LogP contribution in [0, 0.1) is 0 Å². The minimum absolute atomic E-state index is 0.113. The zero-order valence-corrected chi connectivity index (χ0v) is 17.9. The van der Waals surface area contributed by atoms with Gasteiger partial charge in [0.1, 0.15) is 0 Å². The summed E-state index contributed by atoms with van der Waals surface area (Å²) >= 11 is 12.2. The molecule has 7 nitrogen and oxygen atoms in total. The first-order valence-corrected chi connectivity index (χ1v) is 11.3. The number of carbonyl (C=O) groups is 1. The number of carbonyl (C=O) groups excluding carboxylic acids is 1.